The summed E-state index contributed by atoms with van der Waals surface area (Å²) in [5, 5.41) is 7.30. The lowest BCUT2D eigenvalue weighted by atomic mass is 10.1. The summed E-state index contributed by atoms with van der Waals surface area (Å²) in [5.74, 6) is -0.804. The van der Waals surface area contributed by atoms with E-state index in [-0.39, 0.29) is 6.42 Å². The van der Waals surface area contributed by atoms with Gasteiger partial charge < -0.3 is 0 Å². The predicted molar refractivity (Wildman–Crippen MR) is 88.7 cm³/mol. The summed E-state index contributed by atoms with van der Waals surface area (Å²) in [6.07, 6.45) is 2.00. The van der Waals surface area contributed by atoms with Crippen molar-refractivity contribution in [1.29, 1.82) is 0 Å². The SMILES string of the molecule is O=C(/C=C/C1=CC(S(=O)(=O)Nc2ccccc2C(F)(F)F)CC=C1)NO. The van der Waals surface area contributed by atoms with Crippen LogP contribution in [0.2, 0.25) is 0 Å². The van der Waals surface area contributed by atoms with E-state index in [2.05, 4.69) is 0 Å². The van der Waals surface area contributed by atoms with Crippen molar-refractivity contribution < 1.29 is 31.6 Å². The van der Waals surface area contributed by atoms with E-state index in [0.29, 0.717) is 5.57 Å². The molecule has 140 valence electrons. The topological polar surface area (TPSA) is 95.5 Å². The van der Waals surface area contributed by atoms with Crippen LogP contribution in [0.25, 0.3) is 0 Å². The van der Waals surface area contributed by atoms with Gasteiger partial charge in [0.05, 0.1) is 11.3 Å². The first-order chi connectivity index (χ1) is 12.1. The maximum atomic E-state index is 13.0. The van der Waals surface area contributed by atoms with Gasteiger partial charge in [-0.15, -0.1) is 0 Å². The van der Waals surface area contributed by atoms with E-state index >= 15 is 0 Å². The van der Waals surface area contributed by atoms with Crippen molar-refractivity contribution in [3.8, 4) is 0 Å². The average molecular weight is 388 g/mol. The summed E-state index contributed by atoms with van der Waals surface area (Å²) >= 11 is 0. The minimum absolute atomic E-state index is 0.0626. The van der Waals surface area contributed by atoms with E-state index in [0.717, 1.165) is 18.2 Å². The fourth-order valence-corrected chi connectivity index (χ4v) is 3.60. The normalized spacial score (nSPS) is 17.8. The molecule has 1 aliphatic rings. The second-order valence-corrected chi connectivity index (χ2v) is 7.24. The molecule has 1 amide bonds. The van der Waals surface area contributed by atoms with Gasteiger partial charge in [-0.05, 0) is 30.2 Å². The highest BCUT2D eigenvalue weighted by Gasteiger charge is 2.35. The van der Waals surface area contributed by atoms with E-state index in [9.17, 15) is 26.4 Å². The van der Waals surface area contributed by atoms with Crippen LogP contribution in [0.4, 0.5) is 18.9 Å². The van der Waals surface area contributed by atoms with E-state index in [1.54, 1.807) is 6.08 Å². The van der Waals surface area contributed by atoms with E-state index < -0.39 is 38.6 Å². The molecule has 1 atom stereocenters. The maximum absolute atomic E-state index is 13.0. The zero-order chi connectivity index (χ0) is 19.4. The van der Waals surface area contributed by atoms with Gasteiger partial charge in [0, 0.05) is 6.08 Å². The van der Waals surface area contributed by atoms with Gasteiger partial charge >= 0.3 is 6.18 Å². The molecule has 0 saturated heterocycles. The van der Waals surface area contributed by atoms with Crippen LogP contribution >= 0.6 is 0 Å². The molecule has 0 heterocycles. The maximum Gasteiger partial charge on any atom is 0.418 e. The van der Waals surface area contributed by atoms with Gasteiger partial charge in [0.1, 0.15) is 5.25 Å². The fraction of sp³-hybridized carbons (Fsp3) is 0.188. The largest absolute Gasteiger partial charge is 0.418 e. The molecule has 0 bridgehead atoms. The summed E-state index contributed by atoms with van der Waals surface area (Å²) in [6.45, 7) is 0. The number of allylic oxidation sites excluding steroid dienone is 4. The van der Waals surface area contributed by atoms with Crippen LogP contribution in [-0.4, -0.2) is 24.8 Å². The van der Waals surface area contributed by atoms with Crippen LogP contribution < -0.4 is 10.2 Å². The zero-order valence-electron chi connectivity index (χ0n) is 13.2. The lowest BCUT2D eigenvalue weighted by Crippen LogP contribution is -2.28. The Labute approximate surface area is 147 Å². The smallest absolute Gasteiger partial charge is 0.288 e. The number of para-hydroxylation sites is 1. The molecule has 1 aromatic carbocycles. The monoisotopic (exact) mass is 388 g/mol. The lowest BCUT2D eigenvalue weighted by Gasteiger charge is -2.20. The number of nitrogens with one attached hydrogen (secondary N) is 2. The Morgan fingerprint density at radius 3 is 2.62 bits per heavy atom. The van der Waals surface area contributed by atoms with Crippen molar-refractivity contribution in [2.75, 3.05) is 4.72 Å². The number of hydrogen-bond donors (Lipinski definition) is 3. The Balaban J connectivity index is 2.26. The molecule has 2 rings (SSSR count). The van der Waals surface area contributed by atoms with Crippen LogP contribution in [0, 0.1) is 0 Å². The number of amides is 1. The van der Waals surface area contributed by atoms with Crippen molar-refractivity contribution >= 4 is 21.6 Å². The molecule has 3 N–H and O–H groups in total. The summed E-state index contributed by atoms with van der Waals surface area (Å²) in [6, 6.07) is 4.29. The molecule has 0 fully saturated rings. The summed E-state index contributed by atoms with van der Waals surface area (Å²) in [4.78, 5) is 11.0. The van der Waals surface area contributed by atoms with Crippen LogP contribution in [0.15, 0.2) is 60.2 Å². The molecule has 0 spiro atoms. The minimum Gasteiger partial charge on any atom is -0.288 e. The first-order valence-corrected chi connectivity index (χ1v) is 8.86. The Morgan fingerprint density at radius 1 is 1.27 bits per heavy atom. The molecule has 1 unspecified atom stereocenters. The number of halogens is 3. The molecule has 10 heteroatoms. The Hall–Kier alpha value is -2.59. The van der Waals surface area contributed by atoms with Crippen LogP contribution in [0.1, 0.15) is 12.0 Å². The van der Waals surface area contributed by atoms with Gasteiger partial charge in [-0.3, -0.25) is 14.7 Å². The fourth-order valence-electron chi connectivity index (χ4n) is 2.26. The number of hydroxylamine groups is 1. The van der Waals surface area contributed by atoms with Crippen LogP contribution in [-0.2, 0) is 21.0 Å². The molecule has 1 aromatic rings. The highest BCUT2D eigenvalue weighted by Crippen LogP contribution is 2.35. The van der Waals surface area contributed by atoms with Crippen molar-refractivity contribution in [2.24, 2.45) is 0 Å². The highest BCUT2D eigenvalue weighted by atomic mass is 32.2. The van der Waals surface area contributed by atoms with Gasteiger partial charge in [-0.25, -0.2) is 13.9 Å². The molecule has 1 aliphatic carbocycles. The number of benzene rings is 1. The van der Waals surface area contributed by atoms with Gasteiger partial charge in [-0.2, -0.15) is 13.2 Å². The molecule has 6 nitrogen and oxygen atoms in total. The van der Waals surface area contributed by atoms with Crippen LogP contribution in [0.3, 0.4) is 0 Å². The predicted octanol–water partition coefficient (Wildman–Crippen LogP) is 2.76. The molecule has 0 radical (unpaired) electrons. The number of alkyl halides is 3. The third-order valence-corrected chi connectivity index (χ3v) is 5.11. The number of carbonyl (C=O) groups excluding carboxylic acids is 1. The number of carbonyl (C=O) groups is 1. The number of anilines is 1. The Morgan fingerprint density at radius 2 is 1.96 bits per heavy atom. The van der Waals surface area contributed by atoms with Gasteiger partial charge in [0.15, 0.2) is 0 Å². The van der Waals surface area contributed by atoms with Crippen molar-refractivity contribution in [3.05, 3.63) is 65.8 Å². The van der Waals surface area contributed by atoms with Crippen molar-refractivity contribution in [3.63, 3.8) is 0 Å². The number of hydrogen-bond acceptors (Lipinski definition) is 4. The van der Waals surface area contributed by atoms with E-state index in [1.165, 1.54) is 35.8 Å². The second-order valence-electron chi connectivity index (χ2n) is 5.34. The first kappa shape index (κ1) is 19.7. The van der Waals surface area contributed by atoms with E-state index in [4.69, 9.17) is 5.21 Å². The van der Waals surface area contributed by atoms with Gasteiger partial charge in [0.2, 0.25) is 10.0 Å². The molecule has 0 aromatic heterocycles. The standard InChI is InChI=1S/C16H15F3N2O4S/c17-16(18,19)13-6-1-2-7-14(13)21-26(24,25)12-5-3-4-11(10-12)8-9-15(22)20-23/h1-4,6-10,12,21,23H,5H2,(H,20,22)/b9-8+. The lowest BCUT2D eigenvalue weighted by molar-refractivity contribution is -0.136. The van der Waals surface area contributed by atoms with Crippen molar-refractivity contribution in [1.82, 2.24) is 5.48 Å². The van der Waals surface area contributed by atoms with Crippen molar-refractivity contribution in [2.45, 2.75) is 17.8 Å². The van der Waals surface area contributed by atoms with E-state index in [1.807, 2.05) is 4.72 Å². The third-order valence-electron chi connectivity index (χ3n) is 3.48. The molecular weight excluding hydrogens is 373 g/mol. The Bertz CT molecular complexity index is 874. The Kier molecular flexibility index (Phi) is 5.88. The molecule has 0 saturated carbocycles. The third kappa shape index (κ3) is 4.96. The highest BCUT2D eigenvalue weighted by molar-refractivity contribution is 7.93. The number of rotatable bonds is 5. The van der Waals surface area contributed by atoms with Gasteiger partial charge in [0.25, 0.3) is 5.91 Å². The molecular formula is C16H15F3N2O4S. The number of sulfonamides is 1. The minimum atomic E-state index is -4.70. The summed E-state index contributed by atoms with van der Waals surface area (Å²) < 4.78 is 66.0. The van der Waals surface area contributed by atoms with Gasteiger partial charge in [-0.1, -0.05) is 30.4 Å². The summed E-state index contributed by atoms with van der Waals surface area (Å²) in [7, 11) is -4.16. The van der Waals surface area contributed by atoms with Crippen LogP contribution in [0.5, 0.6) is 0 Å². The average Bonchev–Trinajstić information content (AvgIpc) is 2.59. The quantitative estimate of drug-likeness (QED) is 0.411. The zero-order valence-corrected chi connectivity index (χ0v) is 14.0. The first-order valence-electron chi connectivity index (χ1n) is 7.32. The summed E-state index contributed by atoms with van der Waals surface area (Å²) in [5.41, 5.74) is 0.105. The molecule has 26 heavy (non-hydrogen) atoms. The second kappa shape index (κ2) is 7.75. The molecule has 0 aliphatic heterocycles.